The van der Waals surface area contributed by atoms with Gasteiger partial charge in [-0.15, -0.1) is 0 Å². The van der Waals surface area contributed by atoms with E-state index in [2.05, 4.69) is 44.2 Å². The molecule has 0 heterocycles. The van der Waals surface area contributed by atoms with E-state index >= 15 is 0 Å². The SMILES string of the molecule is C=C/C(C(=C)C)=C(/C)N(C)c1ccccc1. The Morgan fingerprint density at radius 3 is 2.19 bits per heavy atom. The first kappa shape index (κ1) is 12.3. The fourth-order valence-corrected chi connectivity index (χ4v) is 1.66. The fourth-order valence-electron chi connectivity index (χ4n) is 1.66. The zero-order chi connectivity index (χ0) is 12.1. The van der Waals surface area contributed by atoms with Gasteiger partial charge in [-0.1, -0.05) is 37.4 Å². The Labute approximate surface area is 98.4 Å². The lowest BCUT2D eigenvalue weighted by Gasteiger charge is -2.22. The molecule has 0 atom stereocenters. The normalized spacial score (nSPS) is 11.7. The summed E-state index contributed by atoms with van der Waals surface area (Å²) < 4.78 is 0. The van der Waals surface area contributed by atoms with Crippen molar-refractivity contribution in [3.63, 3.8) is 0 Å². The molecule has 1 aromatic carbocycles. The van der Waals surface area contributed by atoms with Crippen LogP contribution in [0.4, 0.5) is 5.69 Å². The number of para-hydroxylation sites is 1. The van der Waals surface area contributed by atoms with E-state index in [0.717, 1.165) is 16.8 Å². The third-order valence-electron chi connectivity index (χ3n) is 2.70. The van der Waals surface area contributed by atoms with E-state index in [4.69, 9.17) is 0 Å². The molecule has 1 nitrogen and oxygen atoms in total. The van der Waals surface area contributed by atoms with Crippen LogP contribution >= 0.6 is 0 Å². The quantitative estimate of drug-likeness (QED) is 0.679. The molecule has 0 saturated heterocycles. The van der Waals surface area contributed by atoms with Crippen LogP contribution in [0.2, 0.25) is 0 Å². The van der Waals surface area contributed by atoms with Gasteiger partial charge in [0.15, 0.2) is 0 Å². The minimum atomic E-state index is 1.04. The second-order valence-corrected chi connectivity index (χ2v) is 3.88. The monoisotopic (exact) mass is 213 g/mol. The summed E-state index contributed by atoms with van der Waals surface area (Å²) in [7, 11) is 2.05. The Morgan fingerprint density at radius 2 is 1.75 bits per heavy atom. The van der Waals surface area contributed by atoms with Gasteiger partial charge in [-0.05, 0) is 37.1 Å². The smallest absolute Gasteiger partial charge is 0.0405 e. The molecular formula is C15H19N. The Bertz CT molecular complexity index is 412. The summed E-state index contributed by atoms with van der Waals surface area (Å²) >= 11 is 0. The van der Waals surface area contributed by atoms with E-state index in [-0.39, 0.29) is 0 Å². The molecule has 0 N–H and O–H groups in total. The van der Waals surface area contributed by atoms with Gasteiger partial charge in [0.1, 0.15) is 0 Å². The lowest BCUT2D eigenvalue weighted by atomic mass is 10.1. The van der Waals surface area contributed by atoms with Crippen LogP contribution in [0.25, 0.3) is 0 Å². The molecule has 0 aromatic heterocycles. The minimum Gasteiger partial charge on any atom is -0.348 e. The van der Waals surface area contributed by atoms with Gasteiger partial charge in [0.25, 0.3) is 0 Å². The second-order valence-electron chi connectivity index (χ2n) is 3.88. The van der Waals surface area contributed by atoms with Gasteiger partial charge < -0.3 is 4.90 Å². The Morgan fingerprint density at radius 1 is 1.19 bits per heavy atom. The first-order valence-corrected chi connectivity index (χ1v) is 5.36. The highest BCUT2D eigenvalue weighted by atomic mass is 15.1. The molecule has 0 spiro atoms. The van der Waals surface area contributed by atoms with Crippen LogP contribution in [-0.2, 0) is 0 Å². The highest BCUT2D eigenvalue weighted by Crippen LogP contribution is 2.22. The van der Waals surface area contributed by atoms with E-state index in [1.165, 1.54) is 5.69 Å². The highest BCUT2D eigenvalue weighted by molar-refractivity contribution is 5.55. The van der Waals surface area contributed by atoms with Crippen molar-refractivity contribution in [1.29, 1.82) is 0 Å². The lowest BCUT2D eigenvalue weighted by molar-refractivity contribution is 1.07. The molecule has 84 valence electrons. The van der Waals surface area contributed by atoms with Crippen LogP contribution in [0.3, 0.4) is 0 Å². The maximum Gasteiger partial charge on any atom is 0.0405 e. The van der Waals surface area contributed by atoms with Crippen molar-refractivity contribution < 1.29 is 0 Å². The number of nitrogens with zero attached hydrogens (tertiary/aromatic N) is 1. The van der Waals surface area contributed by atoms with Gasteiger partial charge in [-0.2, -0.15) is 0 Å². The van der Waals surface area contributed by atoms with Gasteiger partial charge in [-0.3, -0.25) is 0 Å². The van der Waals surface area contributed by atoms with Crippen molar-refractivity contribution >= 4 is 5.69 Å². The summed E-state index contributed by atoms with van der Waals surface area (Å²) in [6, 6.07) is 10.3. The van der Waals surface area contributed by atoms with Crippen molar-refractivity contribution in [3.05, 3.63) is 66.4 Å². The Balaban J connectivity index is 3.11. The summed E-state index contributed by atoms with van der Waals surface area (Å²) in [5, 5.41) is 0. The van der Waals surface area contributed by atoms with Crippen molar-refractivity contribution in [2.45, 2.75) is 13.8 Å². The van der Waals surface area contributed by atoms with Crippen molar-refractivity contribution in [2.24, 2.45) is 0 Å². The Kier molecular flexibility index (Phi) is 4.12. The summed E-state index contributed by atoms with van der Waals surface area (Å²) in [4.78, 5) is 2.14. The molecule has 1 aromatic rings. The van der Waals surface area contributed by atoms with Gasteiger partial charge in [0.05, 0.1) is 0 Å². The topological polar surface area (TPSA) is 3.24 Å². The van der Waals surface area contributed by atoms with E-state index in [0.29, 0.717) is 0 Å². The highest BCUT2D eigenvalue weighted by Gasteiger charge is 2.06. The van der Waals surface area contributed by atoms with Crippen molar-refractivity contribution in [1.82, 2.24) is 0 Å². The van der Waals surface area contributed by atoms with Gasteiger partial charge >= 0.3 is 0 Å². The predicted octanol–water partition coefficient (Wildman–Crippen LogP) is 4.16. The number of rotatable bonds is 4. The zero-order valence-electron chi connectivity index (χ0n) is 10.3. The van der Waals surface area contributed by atoms with E-state index < -0.39 is 0 Å². The van der Waals surface area contributed by atoms with Crippen LogP contribution in [0.15, 0.2) is 66.4 Å². The first-order chi connectivity index (χ1) is 7.57. The zero-order valence-corrected chi connectivity index (χ0v) is 10.3. The van der Waals surface area contributed by atoms with Gasteiger partial charge in [0.2, 0.25) is 0 Å². The van der Waals surface area contributed by atoms with E-state index in [9.17, 15) is 0 Å². The molecule has 0 aliphatic heterocycles. The number of benzene rings is 1. The third-order valence-corrected chi connectivity index (χ3v) is 2.70. The van der Waals surface area contributed by atoms with Gasteiger partial charge in [-0.25, -0.2) is 0 Å². The van der Waals surface area contributed by atoms with Gasteiger partial charge in [0, 0.05) is 18.4 Å². The molecule has 0 aliphatic rings. The number of allylic oxidation sites excluding steroid dienone is 4. The molecule has 0 radical (unpaired) electrons. The first-order valence-electron chi connectivity index (χ1n) is 5.36. The molecule has 0 aliphatic carbocycles. The molecule has 16 heavy (non-hydrogen) atoms. The maximum absolute atomic E-state index is 3.97. The number of hydrogen-bond acceptors (Lipinski definition) is 1. The van der Waals surface area contributed by atoms with E-state index in [1.54, 1.807) is 0 Å². The molecule has 0 unspecified atom stereocenters. The average Bonchev–Trinajstić information content (AvgIpc) is 2.29. The van der Waals surface area contributed by atoms with Crippen LogP contribution < -0.4 is 4.90 Å². The predicted molar refractivity (Wildman–Crippen MR) is 72.6 cm³/mol. The average molecular weight is 213 g/mol. The van der Waals surface area contributed by atoms with Crippen molar-refractivity contribution in [2.75, 3.05) is 11.9 Å². The fraction of sp³-hybridized carbons (Fsp3) is 0.200. The molecule has 0 fully saturated rings. The number of hydrogen-bond donors (Lipinski definition) is 0. The third kappa shape index (κ3) is 2.63. The van der Waals surface area contributed by atoms with Crippen LogP contribution in [0.5, 0.6) is 0 Å². The lowest BCUT2D eigenvalue weighted by Crippen LogP contribution is -2.16. The van der Waals surface area contributed by atoms with E-state index in [1.807, 2.05) is 31.2 Å². The Hall–Kier alpha value is -1.76. The second kappa shape index (κ2) is 5.36. The summed E-state index contributed by atoms with van der Waals surface area (Å²) in [6.07, 6.45) is 1.86. The van der Waals surface area contributed by atoms with Crippen LogP contribution in [0.1, 0.15) is 13.8 Å². The summed E-state index contributed by atoms with van der Waals surface area (Å²) in [5.74, 6) is 0. The summed E-state index contributed by atoms with van der Waals surface area (Å²) in [6.45, 7) is 11.9. The molecule has 1 heteroatoms. The largest absolute Gasteiger partial charge is 0.348 e. The number of anilines is 1. The molecule has 0 bridgehead atoms. The molecular weight excluding hydrogens is 194 g/mol. The van der Waals surface area contributed by atoms with Crippen LogP contribution in [0, 0.1) is 0 Å². The van der Waals surface area contributed by atoms with Crippen molar-refractivity contribution in [3.8, 4) is 0 Å². The molecule has 0 saturated carbocycles. The molecule has 1 rings (SSSR count). The van der Waals surface area contributed by atoms with Crippen LogP contribution in [-0.4, -0.2) is 7.05 Å². The summed E-state index contributed by atoms with van der Waals surface area (Å²) in [5.41, 5.74) is 4.47. The minimum absolute atomic E-state index is 1.04. The maximum atomic E-state index is 3.97. The molecule has 0 amide bonds. The standard InChI is InChI=1S/C15H19N/c1-6-15(12(2)3)13(4)16(5)14-10-8-7-9-11-14/h6-11H,1-2H2,3-5H3/b15-13+.